The highest BCUT2D eigenvalue weighted by molar-refractivity contribution is 7.91. The van der Waals surface area contributed by atoms with Gasteiger partial charge in [0.25, 0.3) is 0 Å². The molecule has 0 amide bonds. The van der Waals surface area contributed by atoms with Crippen molar-refractivity contribution in [3.8, 4) is 17.0 Å². The topological polar surface area (TPSA) is 98.7 Å². The van der Waals surface area contributed by atoms with Crippen LogP contribution in [0.5, 0.6) is 5.75 Å². The minimum absolute atomic E-state index is 0.325. The summed E-state index contributed by atoms with van der Waals surface area (Å²) in [6, 6.07) is 16.4. The summed E-state index contributed by atoms with van der Waals surface area (Å²) in [5.41, 5.74) is 4.62. The van der Waals surface area contributed by atoms with Gasteiger partial charge in [0, 0.05) is 23.3 Å². The van der Waals surface area contributed by atoms with Crippen LogP contribution in [-0.2, 0) is 15.8 Å². The molecule has 3 heterocycles. The predicted molar refractivity (Wildman–Crippen MR) is 122 cm³/mol. The van der Waals surface area contributed by atoms with Gasteiger partial charge in [-0.2, -0.15) is 0 Å². The number of nitrogens with zero attached hydrogens (tertiary/aromatic N) is 3. The van der Waals surface area contributed by atoms with Crippen LogP contribution in [0.2, 0.25) is 0 Å². The van der Waals surface area contributed by atoms with Crippen molar-refractivity contribution in [1.29, 1.82) is 0 Å². The average Bonchev–Trinajstić information content (AvgIpc) is 3.37. The van der Waals surface area contributed by atoms with Gasteiger partial charge in [-0.3, -0.25) is 4.72 Å². The highest BCUT2D eigenvalue weighted by Crippen LogP contribution is 2.32. The third kappa shape index (κ3) is 3.78. The third-order valence-corrected chi connectivity index (χ3v) is 6.34. The summed E-state index contributed by atoms with van der Waals surface area (Å²) in [6.45, 7) is 2.01. The van der Waals surface area contributed by atoms with Gasteiger partial charge in [-0.05, 0) is 55.0 Å². The second-order valence-corrected chi connectivity index (χ2v) is 9.22. The molecule has 5 rings (SSSR count). The summed E-state index contributed by atoms with van der Waals surface area (Å²) in [6.07, 6.45) is 3.84. The molecular weight excluding hydrogens is 428 g/mol. The molecular formula is C23H20N4O4S. The number of hydrogen-bond acceptors (Lipinski definition) is 6. The van der Waals surface area contributed by atoms with Crippen LogP contribution in [0.25, 0.3) is 27.9 Å². The van der Waals surface area contributed by atoms with Crippen LogP contribution in [0, 0.1) is 6.92 Å². The van der Waals surface area contributed by atoms with Crippen LogP contribution >= 0.6 is 0 Å². The zero-order valence-corrected chi connectivity index (χ0v) is 18.3. The van der Waals surface area contributed by atoms with E-state index in [-0.39, 0.29) is 5.75 Å². The second kappa shape index (κ2) is 7.69. The number of sulfonamides is 1. The summed E-state index contributed by atoms with van der Waals surface area (Å²) in [4.78, 5) is 4.65. The van der Waals surface area contributed by atoms with Gasteiger partial charge in [0.05, 0.1) is 18.5 Å². The van der Waals surface area contributed by atoms with E-state index in [9.17, 15) is 8.42 Å². The van der Waals surface area contributed by atoms with Gasteiger partial charge >= 0.3 is 0 Å². The van der Waals surface area contributed by atoms with Crippen LogP contribution < -0.4 is 9.46 Å². The first-order valence-electron chi connectivity index (χ1n) is 9.89. The van der Waals surface area contributed by atoms with Crippen LogP contribution in [0.1, 0.15) is 11.3 Å². The Morgan fingerprint density at radius 1 is 1.12 bits per heavy atom. The molecule has 0 fully saturated rings. The molecule has 0 saturated carbocycles. The molecule has 0 saturated heterocycles. The monoisotopic (exact) mass is 448 g/mol. The number of anilines is 1. The highest BCUT2D eigenvalue weighted by Gasteiger charge is 2.20. The van der Waals surface area contributed by atoms with Crippen molar-refractivity contribution in [2.75, 3.05) is 11.8 Å². The van der Waals surface area contributed by atoms with Crippen molar-refractivity contribution in [2.24, 2.45) is 0 Å². The molecule has 0 aliphatic heterocycles. The molecule has 8 nitrogen and oxygen atoms in total. The van der Waals surface area contributed by atoms with E-state index in [1.807, 2.05) is 48.0 Å². The largest absolute Gasteiger partial charge is 0.495 e. The fraction of sp³-hybridized carbons (Fsp3) is 0.130. The maximum Gasteiger partial charge on any atom is 0.238 e. The number of imidazole rings is 1. The molecule has 0 bridgehead atoms. The zero-order valence-electron chi connectivity index (χ0n) is 17.4. The van der Waals surface area contributed by atoms with Crippen molar-refractivity contribution in [1.82, 2.24) is 14.5 Å². The molecule has 0 unspecified atom stereocenters. The summed E-state index contributed by atoms with van der Waals surface area (Å²) < 4.78 is 41.0. The quantitative estimate of drug-likeness (QED) is 0.413. The molecule has 9 heteroatoms. The van der Waals surface area contributed by atoms with E-state index in [1.165, 1.54) is 7.11 Å². The van der Waals surface area contributed by atoms with E-state index in [1.54, 1.807) is 30.3 Å². The Morgan fingerprint density at radius 2 is 1.97 bits per heavy atom. The van der Waals surface area contributed by atoms with Gasteiger partial charge in [0.1, 0.15) is 22.8 Å². The molecule has 0 aliphatic carbocycles. The number of para-hydroxylation sites is 1. The Balaban J connectivity index is 1.48. The fourth-order valence-electron chi connectivity index (χ4n) is 3.60. The lowest BCUT2D eigenvalue weighted by Crippen LogP contribution is -2.16. The molecule has 32 heavy (non-hydrogen) atoms. The van der Waals surface area contributed by atoms with Gasteiger partial charge in [0.2, 0.25) is 10.0 Å². The minimum atomic E-state index is -3.79. The molecule has 162 valence electrons. The van der Waals surface area contributed by atoms with E-state index >= 15 is 0 Å². The van der Waals surface area contributed by atoms with E-state index in [0.29, 0.717) is 28.1 Å². The van der Waals surface area contributed by atoms with E-state index in [0.717, 1.165) is 22.5 Å². The Hall–Kier alpha value is -3.85. The molecule has 5 aromatic rings. The number of rotatable bonds is 6. The molecule has 0 aliphatic rings. The van der Waals surface area contributed by atoms with E-state index in [2.05, 4.69) is 14.9 Å². The number of nitrogens with one attached hydrogen (secondary N) is 1. The smallest absolute Gasteiger partial charge is 0.238 e. The number of aryl methyl sites for hydroxylation is 1. The number of benzene rings is 2. The number of ether oxygens (including phenoxy) is 1. The number of fused-ring (bicyclic) bond motifs is 2. The molecule has 1 N–H and O–H groups in total. The first-order valence-corrected chi connectivity index (χ1v) is 11.5. The van der Waals surface area contributed by atoms with Gasteiger partial charge < -0.3 is 13.7 Å². The number of hydrogen-bond donors (Lipinski definition) is 1. The maximum atomic E-state index is 12.9. The van der Waals surface area contributed by atoms with Crippen molar-refractivity contribution in [2.45, 2.75) is 12.7 Å². The standard InChI is InChI=1S/C23H20N4O4S/c1-15-9-10-27-13-19(24-23(27)11-15)16-7-8-22(30-2)18(12-16)26-32(28,29)14-20-17-5-3-4-6-21(17)31-25-20/h3-13,26H,14H2,1-2H3. The summed E-state index contributed by atoms with van der Waals surface area (Å²) >= 11 is 0. The maximum absolute atomic E-state index is 12.9. The summed E-state index contributed by atoms with van der Waals surface area (Å²) in [5, 5.41) is 4.59. The van der Waals surface area contributed by atoms with Crippen LogP contribution in [0.4, 0.5) is 5.69 Å². The summed E-state index contributed by atoms with van der Waals surface area (Å²) in [7, 11) is -2.30. The van der Waals surface area contributed by atoms with Crippen molar-refractivity contribution in [3.63, 3.8) is 0 Å². The SMILES string of the molecule is COc1ccc(-c2cn3ccc(C)cc3n2)cc1NS(=O)(=O)Cc1noc2ccccc12. The van der Waals surface area contributed by atoms with Gasteiger partial charge in [-0.15, -0.1) is 0 Å². The minimum Gasteiger partial charge on any atom is -0.495 e. The molecule has 3 aromatic heterocycles. The predicted octanol–water partition coefficient (Wildman–Crippen LogP) is 4.40. The first-order chi connectivity index (χ1) is 15.4. The van der Waals surface area contributed by atoms with Crippen LogP contribution in [0.15, 0.2) is 71.5 Å². The molecule has 0 radical (unpaired) electrons. The van der Waals surface area contributed by atoms with Crippen LogP contribution in [-0.4, -0.2) is 30.1 Å². The van der Waals surface area contributed by atoms with Crippen molar-refractivity contribution in [3.05, 3.63) is 78.2 Å². The highest BCUT2D eigenvalue weighted by atomic mass is 32.2. The van der Waals surface area contributed by atoms with Gasteiger partial charge in [-0.1, -0.05) is 17.3 Å². The average molecular weight is 449 g/mol. The first kappa shape index (κ1) is 20.1. The Labute approximate surface area is 184 Å². The number of aromatic nitrogens is 3. The lowest BCUT2D eigenvalue weighted by Gasteiger charge is -2.12. The Kier molecular flexibility index (Phi) is 4.82. The van der Waals surface area contributed by atoms with E-state index in [4.69, 9.17) is 9.26 Å². The molecule has 2 aromatic carbocycles. The number of pyridine rings is 1. The number of methoxy groups -OCH3 is 1. The lowest BCUT2D eigenvalue weighted by atomic mass is 10.1. The lowest BCUT2D eigenvalue weighted by molar-refractivity contribution is 0.417. The van der Waals surface area contributed by atoms with E-state index < -0.39 is 10.0 Å². The van der Waals surface area contributed by atoms with Crippen LogP contribution in [0.3, 0.4) is 0 Å². The second-order valence-electron chi connectivity index (χ2n) is 7.50. The molecule has 0 atom stereocenters. The molecule has 0 spiro atoms. The van der Waals surface area contributed by atoms with Crippen molar-refractivity contribution >= 4 is 32.3 Å². The van der Waals surface area contributed by atoms with Gasteiger partial charge in [-0.25, -0.2) is 13.4 Å². The third-order valence-electron chi connectivity index (χ3n) is 5.16. The zero-order chi connectivity index (χ0) is 22.3. The Morgan fingerprint density at radius 3 is 2.81 bits per heavy atom. The Bertz CT molecular complexity index is 1550. The van der Waals surface area contributed by atoms with Crippen molar-refractivity contribution < 1.29 is 17.7 Å². The fourth-order valence-corrected chi connectivity index (χ4v) is 4.73. The summed E-state index contributed by atoms with van der Waals surface area (Å²) in [5.74, 6) is 0.0762. The normalized spacial score (nSPS) is 11.8. The van der Waals surface area contributed by atoms with Gasteiger partial charge in [0.15, 0.2) is 5.58 Å².